The molecular formula is C18H17F3N2O4. The van der Waals surface area contributed by atoms with E-state index in [1.165, 1.54) is 12.1 Å². The zero-order valence-electron chi connectivity index (χ0n) is 14.6. The molecular weight excluding hydrogens is 365 g/mol. The van der Waals surface area contributed by atoms with Crippen molar-refractivity contribution in [2.45, 2.75) is 26.4 Å². The number of nitro benzene ring substituents is 1. The highest BCUT2D eigenvalue weighted by molar-refractivity contribution is 6.06. The van der Waals surface area contributed by atoms with Crippen LogP contribution in [-0.2, 0) is 6.18 Å². The van der Waals surface area contributed by atoms with Crippen molar-refractivity contribution < 1.29 is 27.6 Å². The monoisotopic (exact) mass is 382 g/mol. The maximum atomic E-state index is 13.0. The number of carbonyl (C=O) groups excluding carboxylic acids is 1. The Morgan fingerprint density at radius 3 is 2.52 bits per heavy atom. The summed E-state index contributed by atoms with van der Waals surface area (Å²) in [5.41, 5.74) is -0.965. The van der Waals surface area contributed by atoms with E-state index < -0.39 is 22.6 Å². The van der Waals surface area contributed by atoms with E-state index in [0.717, 1.165) is 24.3 Å². The van der Waals surface area contributed by atoms with Crippen LogP contribution in [0.3, 0.4) is 0 Å². The summed E-state index contributed by atoms with van der Waals surface area (Å²) >= 11 is 0. The smallest absolute Gasteiger partial charge is 0.416 e. The van der Waals surface area contributed by atoms with Gasteiger partial charge in [0.25, 0.3) is 11.6 Å². The van der Waals surface area contributed by atoms with E-state index in [-0.39, 0.29) is 29.3 Å². The lowest BCUT2D eigenvalue weighted by Gasteiger charge is -2.15. The molecule has 6 nitrogen and oxygen atoms in total. The standard InChI is InChI=1S/C18H17F3N2O4/c1-3-8-27-16-7-5-12(18(19,20)21)9-15(16)22-17(24)14-10-13(23(25)26)6-4-11(14)2/h4-7,9-10H,3,8H2,1-2H3,(H,22,24). The lowest BCUT2D eigenvalue weighted by molar-refractivity contribution is -0.384. The molecule has 0 unspecified atom stereocenters. The van der Waals surface area contributed by atoms with Crippen LogP contribution in [0.5, 0.6) is 5.75 Å². The Labute approximate surface area is 153 Å². The van der Waals surface area contributed by atoms with Crippen LogP contribution in [0, 0.1) is 17.0 Å². The molecule has 0 heterocycles. The quantitative estimate of drug-likeness (QED) is 0.565. The average molecular weight is 382 g/mol. The second kappa shape index (κ2) is 8.07. The van der Waals surface area contributed by atoms with Crippen molar-refractivity contribution in [3.63, 3.8) is 0 Å². The fourth-order valence-electron chi connectivity index (χ4n) is 2.30. The number of alkyl halides is 3. The molecule has 0 radical (unpaired) electrons. The molecule has 0 aliphatic rings. The predicted octanol–water partition coefficient (Wildman–Crippen LogP) is 4.96. The molecule has 0 aliphatic carbocycles. The third-order valence-electron chi connectivity index (χ3n) is 3.69. The zero-order chi connectivity index (χ0) is 20.2. The van der Waals surface area contributed by atoms with Gasteiger partial charge in [0, 0.05) is 17.7 Å². The summed E-state index contributed by atoms with van der Waals surface area (Å²) in [5, 5.41) is 13.3. The number of halogens is 3. The Kier molecular flexibility index (Phi) is 6.04. The van der Waals surface area contributed by atoms with Gasteiger partial charge in [0.2, 0.25) is 0 Å². The molecule has 0 saturated heterocycles. The largest absolute Gasteiger partial charge is 0.491 e. The second-order valence-electron chi connectivity index (χ2n) is 5.77. The van der Waals surface area contributed by atoms with Gasteiger partial charge in [-0.05, 0) is 37.1 Å². The van der Waals surface area contributed by atoms with Crippen LogP contribution in [0.4, 0.5) is 24.5 Å². The van der Waals surface area contributed by atoms with Crippen molar-refractivity contribution in [2.75, 3.05) is 11.9 Å². The molecule has 0 fully saturated rings. The molecule has 2 aromatic carbocycles. The van der Waals surface area contributed by atoms with Crippen LogP contribution < -0.4 is 10.1 Å². The normalized spacial score (nSPS) is 11.1. The molecule has 1 amide bonds. The number of aryl methyl sites for hydroxylation is 1. The first kappa shape index (κ1) is 20.2. The van der Waals surface area contributed by atoms with Crippen LogP contribution in [-0.4, -0.2) is 17.4 Å². The summed E-state index contributed by atoms with van der Waals surface area (Å²) in [6.07, 6.45) is -3.97. The Morgan fingerprint density at radius 1 is 1.22 bits per heavy atom. The number of non-ortho nitro benzene ring substituents is 1. The van der Waals surface area contributed by atoms with E-state index in [0.29, 0.717) is 12.0 Å². The van der Waals surface area contributed by atoms with E-state index in [1.807, 2.05) is 6.92 Å². The Morgan fingerprint density at radius 2 is 1.93 bits per heavy atom. The number of hydrogen-bond donors (Lipinski definition) is 1. The molecule has 0 aromatic heterocycles. The summed E-state index contributed by atoms with van der Waals surface area (Å²) < 4.78 is 44.4. The topological polar surface area (TPSA) is 81.5 Å². The fraction of sp³-hybridized carbons (Fsp3) is 0.278. The van der Waals surface area contributed by atoms with Crippen LogP contribution in [0.15, 0.2) is 36.4 Å². The number of hydrogen-bond acceptors (Lipinski definition) is 4. The number of nitro groups is 1. The second-order valence-corrected chi connectivity index (χ2v) is 5.77. The number of anilines is 1. The molecule has 0 spiro atoms. The molecule has 9 heteroatoms. The summed E-state index contributed by atoms with van der Waals surface area (Å²) in [6.45, 7) is 3.65. The molecule has 0 atom stereocenters. The van der Waals surface area contributed by atoms with Gasteiger partial charge in [-0.3, -0.25) is 14.9 Å². The van der Waals surface area contributed by atoms with Gasteiger partial charge < -0.3 is 10.1 Å². The van der Waals surface area contributed by atoms with Gasteiger partial charge in [0.1, 0.15) is 5.75 Å². The first-order valence-electron chi connectivity index (χ1n) is 8.04. The minimum atomic E-state index is -4.59. The minimum absolute atomic E-state index is 0.0111. The van der Waals surface area contributed by atoms with Crippen molar-refractivity contribution in [3.05, 3.63) is 63.2 Å². The first-order chi connectivity index (χ1) is 12.6. The van der Waals surface area contributed by atoms with E-state index in [4.69, 9.17) is 4.74 Å². The maximum Gasteiger partial charge on any atom is 0.416 e. The van der Waals surface area contributed by atoms with Crippen molar-refractivity contribution in [1.82, 2.24) is 0 Å². The van der Waals surface area contributed by atoms with Gasteiger partial charge in [-0.1, -0.05) is 13.0 Å². The van der Waals surface area contributed by atoms with E-state index >= 15 is 0 Å². The number of benzene rings is 2. The summed E-state index contributed by atoms with van der Waals surface area (Å²) in [7, 11) is 0. The number of carbonyl (C=O) groups is 1. The van der Waals surface area contributed by atoms with Crippen molar-refractivity contribution in [3.8, 4) is 5.75 Å². The van der Waals surface area contributed by atoms with Gasteiger partial charge in [0.15, 0.2) is 0 Å². The van der Waals surface area contributed by atoms with Crippen LogP contribution in [0.25, 0.3) is 0 Å². The SMILES string of the molecule is CCCOc1ccc(C(F)(F)F)cc1NC(=O)c1cc([N+](=O)[O-])ccc1C. The molecule has 27 heavy (non-hydrogen) atoms. The van der Waals surface area contributed by atoms with Crippen LogP contribution in [0.1, 0.15) is 34.8 Å². The fourth-order valence-corrected chi connectivity index (χ4v) is 2.30. The molecule has 144 valence electrons. The third kappa shape index (κ3) is 4.96. The highest BCUT2D eigenvalue weighted by Gasteiger charge is 2.31. The lowest BCUT2D eigenvalue weighted by Crippen LogP contribution is -2.16. The summed E-state index contributed by atoms with van der Waals surface area (Å²) in [5.74, 6) is -0.682. The summed E-state index contributed by atoms with van der Waals surface area (Å²) in [4.78, 5) is 22.8. The highest BCUT2D eigenvalue weighted by Crippen LogP contribution is 2.35. The Bertz CT molecular complexity index is 866. The molecule has 0 bridgehead atoms. The van der Waals surface area contributed by atoms with Gasteiger partial charge in [0.05, 0.1) is 22.8 Å². The van der Waals surface area contributed by atoms with E-state index in [2.05, 4.69) is 5.32 Å². The van der Waals surface area contributed by atoms with Crippen molar-refractivity contribution in [1.29, 1.82) is 0 Å². The van der Waals surface area contributed by atoms with Gasteiger partial charge in [-0.2, -0.15) is 13.2 Å². The van der Waals surface area contributed by atoms with Crippen molar-refractivity contribution in [2.24, 2.45) is 0 Å². The third-order valence-corrected chi connectivity index (χ3v) is 3.69. The van der Waals surface area contributed by atoms with Gasteiger partial charge >= 0.3 is 6.18 Å². The molecule has 0 saturated carbocycles. The Balaban J connectivity index is 2.40. The van der Waals surface area contributed by atoms with Gasteiger partial charge in [-0.15, -0.1) is 0 Å². The number of ether oxygens (including phenoxy) is 1. The number of nitrogens with one attached hydrogen (secondary N) is 1. The van der Waals surface area contributed by atoms with Crippen molar-refractivity contribution >= 4 is 17.3 Å². The van der Waals surface area contributed by atoms with Crippen LogP contribution >= 0.6 is 0 Å². The van der Waals surface area contributed by atoms with Gasteiger partial charge in [-0.25, -0.2) is 0 Å². The average Bonchev–Trinajstić information content (AvgIpc) is 2.59. The molecule has 1 N–H and O–H groups in total. The molecule has 2 aromatic rings. The molecule has 2 rings (SSSR count). The first-order valence-corrected chi connectivity index (χ1v) is 8.04. The predicted molar refractivity (Wildman–Crippen MR) is 93.0 cm³/mol. The highest BCUT2D eigenvalue weighted by atomic mass is 19.4. The van der Waals surface area contributed by atoms with Crippen LogP contribution in [0.2, 0.25) is 0 Å². The summed E-state index contributed by atoms with van der Waals surface area (Å²) in [6, 6.07) is 6.48. The van der Waals surface area contributed by atoms with E-state index in [1.54, 1.807) is 6.92 Å². The molecule has 0 aliphatic heterocycles. The van der Waals surface area contributed by atoms with E-state index in [9.17, 15) is 28.1 Å². The number of amides is 1. The zero-order valence-corrected chi connectivity index (χ0v) is 14.6. The number of nitrogens with zero attached hydrogens (tertiary/aromatic N) is 1. The number of rotatable bonds is 6. The minimum Gasteiger partial charge on any atom is -0.491 e. The lowest BCUT2D eigenvalue weighted by atomic mass is 10.1. The maximum absolute atomic E-state index is 13.0. The Hall–Kier alpha value is -3.10.